The lowest BCUT2D eigenvalue weighted by atomic mass is 10.2. The van der Waals surface area contributed by atoms with Crippen LogP contribution >= 0.6 is 0 Å². The number of aryl methyl sites for hydroxylation is 2. The van der Waals surface area contributed by atoms with Crippen LogP contribution in [0, 0.1) is 20.8 Å². The number of anilines is 1. The fraction of sp³-hybridized carbons (Fsp3) is 0.167. The number of ether oxygens (including phenoxy) is 2. The number of primary amides is 1. The van der Waals surface area contributed by atoms with Crippen LogP contribution in [-0.4, -0.2) is 41.0 Å². The third-order valence-corrected chi connectivity index (χ3v) is 6.75. The van der Waals surface area contributed by atoms with E-state index < -0.39 is 15.9 Å². The van der Waals surface area contributed by atoms with E-state index in [1.165, 1.54) is 25.3 Å². The van der Waals surface area contributed by atoms with E-state index in [0.717, 1.165) is 11.4 Å². The number of benzene rings is 2. The minimum atomic E-state index is -3.99. The van der Waals surface area contributed by atoms with Crippen LogP contribution in [0.5, 0.6) is 17.4 Å². The van der Waals surface area contributed by atoms with Crippen molar-refractivity contribution in [2.24, 2.45) is 5.73 Å². The zero-order chi connectivity index (χ0) is 26.0. The molecule has 0 unspecified atom stereocenters. The van der Waals surface area contributed by atoms with Gasteiger partial charge in [0.05, 0.1) is 23.3 Å². The van der Waals surface area contributed by atoms with Crippen LogP contribution in [0.25, 0.3) is 5.82 Å². The lowest BCUT2D eigenvalue weighted by Gasteiger charge is -2.12. The Balaban J connectivity index is 1.53. The fourth-order valence-electron chi connectivity index (χ4n) is 3.40. The number of methoxy groups -OCH3 is 1. The highest BCUT2D eigenvalue weighted by atomic mass is 32.2. The molecule has 2 aromatic heterocycles. The summed E-state index contributed by atoms with van der Waals surface area (Å²) in [6, 6.07) is 11.8. The Hall–Kier alpha value is -4.45. The van der Waals surface area contributed by atoms with Gasteiger partial charge < -0.3 is 15.2 Å². The second-order valence-corrected chi connectivity index (χ2v) is 9.54. The predicted octanol–water partition coefficient (Wildman–Crippen LogP) is 3.29. The summed E-state index contributed by atoms with van der Waals surface area (Å²) in [7, 11) is -2.63. The number of carbonyl (C=O) groups excluding carboxylic acids is 1. The minimum Gasteiger partial charge on any atom is -0.496 e. The first-order valence-electron chi connectivity index (χ1n) is 10.7. The van der Waals surface area contributed by atoms with Gasteiger partial charge in [0, 0.05) is 17.4 Å². The topological polar surface area (TPSA) is 151 Å². The van der Waals surface area contributed by atoms with Gasteiger partial charge in [0.1, 0.15) is 29.5 Å². The van der Waals surface area contributed by atoms with Gasteiger partial charge in [-0.1, -0.05) is 0 Å². The van der Waals surface area contributed by atoms with Gasteiger partial charge >= 0.3 is 0 Å². The molecule has 0 saturated heterocycles. The highest BCUT2D eigenvalue weighted by molar-refractivity contribution is 7.92. The van der Waals surface area contributed by atoms with Crippen LogP contribution in [0.2, 0.25) is 0 Å². The number of nitrogens with two attached hydrogens (primary N) is 1. The summed E-state index contributed by atoms with van der Waals surface area (Å²) in [6.45, 7) is 5.62. The minimum absolute atomic E-state index is 0.0373. The van der Waals surface area contributed by atoms with Crippen molar-refractivity contribution in [3.63, 3.8) is 0 Å². The number of aromatic nitrogens is 4. The molecule has 0 atom stereocenters. The molecule has 4 rings (SSSR count). The molecule has 0 saturated carbocycles. The molecule has 11 nitrogen and oxygen atoms in total. The lowest BCUT2D eigenvalue weighted by molar-refractivity contribution is 0.0997. The van der Waals surface area contributed by atoms with E-state index >= 15 is 0 Å². The van der Waals surface area contributed by atoms with Gasteiger partial charge in [0.2, 0.25) is 5.88 Å². The maximum Gasteiger partial charge on any atom is 0.261 e. The molecule has 0 fully saturated rings. The van der Waals surface area contributed by atoms with E-state index in [1.54, 1.807) is 43.6 Å². The molecule has 1 amide bonds. The Kier molecular flexibility index (Phi) is 6.62. The van der Waals surface area contributed by atoms with Crippen LogP contribution in [0.4, 0.5) is 5.69 Å². The number of nitrogens with one attached hydrogen (secondary N) is 1. The number of hydrogen-bond donors (Lipinski definition) is 2. The highest BCUT2D eigenvalue weighted by Crippen LogP contribution is 2.26. The van der Waals surface area contributed by atoms with Crippen LogP contribution < -0.4 is 19.9 Å². The first-order valence-corrected chi connectivity index (χ1v) is 12.2. The number of carbonyl (C=O) groups is 1. The van der Waals surface area contributed by atoms with E-state index in [0.29, 0.717) is 29.0 Å². The van der Waals surface area contributed by atoms with E-state index in [4.69, 9.17) is 15.2 Å². The van der Waals surface area contributed by atoms with Crippen LogP contribution in [0.15, 0.2) is 59.8 Å². The van der Waals surface area contributed by atoms with Gasteiger partial charge in [-0.25, -0.2) is 18.4 Å². The maximum atomic E-state index is 12.8. The molecule has 36 heavy (non-hydrogen) atoms. The SMILES string of the molecule is COc1ccc(S(=O)(=O)Nc2ccc(Oc3cc(-n4cnc(C)c4C)nc(C)n3)cc2)cc1C(N)=O. The number of amides is 1. The van der Waals surface area contributed by atoms with Gasteiger partial charge in [0.15, 0.2) is 0 Å². The third kappa shape index (κ3) is 5.13. The van der Waals surface area contributed by atoms with Crippen molar-refractivity contribution < 1.29 is 22.7 Å². The largest absolute Gasteiger partial charge is 0.496 e. The summed E-state index contributed by atoms with van der Waals surface area (Å²) in [6.07, 6.45) is 1.69. The quantitative estimate of drug-likeness (QED) is 0.368. The molecular weight excluding hydrogens is 484 g/mol. The predicted molar refractivity (Wildman–Crippen MR) is 132 cm³/mol. The molecule has 0 aliphatic heterocycles. The molecular formula is C24H24N6O5S. The van der Waals surface area contributed by atoms with Crippen molar-refractivity contribution in [2.75, 3.05) is 11.8 Å². The van der Waals surface area contributed by atoms with Gasteiger partial charge in [-0.3, -0.25) is 14.1 Å². The first-order chi connectivity index (χ1) is 17.1. The van der Waals surface area contributed by atoms with Crippen molar-refractivity contribution in [1.29, 1.82) is 0 Å². The number of nitrogens with zero attached hydrogens (tertiary/aromatic N) is 4. The second kappa shape index (κ2) is 9.66. The summed E-state index contributed by atoms with van der Waals surface area (Å²) in [4.78, 5) is 24.6. The Morgan fingerprint density at radius 1 is 1.03 bits per heavy atom. The average Bonchev–Trinajstić information content (AvgIpc) is 3.17. The maximum absolute atomic E-state index is 12.8. The van der Waals surface area contributed by atoms with E-state index in [-0.39, 0.29) is 16.2 Å². The zero-order valence-electron chi connectivity index (χ0n) is 20.0. The van der Waals surface area contributed by atoms with Crippen molar-refractivity contribution in [1.82, 2.24) is 19.5 Å². The molecule has 3 N–H and O–H groups in total. The van der Waals surface area contributed by atoms with Gasteiger partial charge in [-0.05, 0) is 63.2 Å². The molecule has 0 aliphatic rings. The summed E-state index contributed by atoms with van der Waals surface area (Å²) in [5.74, 6) is 1.30. The normalized spacial score (nSPS) is 11.2. The number of hydrogen-bond acceptors (Lipinski definition) is 8. The molecule has 4 aromatic rings. The Labute approximate surface area is 208 Å². The van der Waals surface area contributed by atoms with Crippen molar-refractivity contribution >= 4 is 21.6 Å². The molecule has 0 radical (unpaired) electrons. The zero-order valence-corrected chi connectivity index (χ0v) is 20.8. The first kappa shape index (κ1) is 24.7. The van der Waals surface area contributed by atoms with Crippen molar-refractivity contribution in [2.45, 2.75) is 25.7 Å². The monoisotopic (exact) mass is 508 g/mol. The second-order valence-electron chi connectivity index (χ2n) is 7.86. The molecule has 186 valence electrons. The van der Waals surface area contributed by atoms with Gasteiger partial charge in [-0.2, -0.15) is 4.98 Å². The number of rotatable bonds is 8. The standard InChI is InChI=1S/C24H24N6O5S/c1-14-15(2)30(13-26-14)22-12-23(28-16(3)27-22)35-18-7-5-17(6-8-18)29-36(32,33)19-9-10-21(34-4)20(11-19)24(25)31/h5-13,29H,1-4H3,(H2,25,31). The van der Waals surface area contributed by atoms with Crippen LogP contribution in [-0.2, 0) is 10.0 Å². The molecule has 0 spiro atoms. The summed E-state index contributed by atoms with van der Waals surface area (Å²) < 4.78 is 40.9. The molecule has 2 aromatic carbocycles. The molecule has 0 aliphatic carbocycles. The van der Waals surface area contributed by atoms with Crippen molar-refractivity contribution in [3.05, 3.63) is 77.6 Å². The summed E-state index contributed by atoms with van der Waals surface area (Å²) in [5, 5.41) is 0. The number of imidazole rings is 1. The Morgan fingerprint density at radius 3 is 2.36 bits per heavy atom. The average molecular weight is 509 g/mol. The third-order valence-electron chi connectivity index (χ3n) is 5.38. The van der Waals surface area contributed by atoms with Crippen molar-refractivity contribution in [3.8, 4) is 23.2 Å². The van der Waals surface area contributed by atoms with Crippen LogP contribution in [0.1, 0.15) is 27.6 Å². The highest BCUT2D eigenvalue weighted by Gasteiger charge is 2.19. The fourth-order valence-corrected chi connectivity index (χ4v) is 4.49. The smallest absolute Gasteiger partial charge is 0.261 e. The van der Waals surface area contributed by atoms with Gasteiger partial charge in [-0.15, -0.1) is 0 Å². The molecule has 0 bridgehead atoms. The van der Waals surface area contributed by atoms with Gasteiger partial charge in [0.25, 0.3) is 15.9 Å². The van der Waals surface area contributed by atoms with Crippen LogP contribution in [0.3, 0.4) is 0 Å². The number of sulfonamides is 1. The lowest BCUT2D eigenvalue weighted by Crippen LogP contribution is -2.16. The molecule has 12 heteroatoms. The Morgan fingerprint density at radius 2 is 1.75 bits per heavy atom. The Bertz CT molecular complexity index is 1550. The summed E-state index contributed by atoms with van der Waals surface area (Å²) in [5.41, 5.74) is 7.44. The van der Waals surface area contributed by atoms with E-state index in [9.17, 15) is 13.2 Å². The van der Waals surface area contributed by atoms with E-state index in [2.05, 4.69) is 19.7 Å². The molecule has 2 heterocycles. The van der Waals surface area contributed by atoms with E-state index in [1.807, 2.05) is 18.4 Å². The summed E-state index contributed by atoms with van der Waals surface area (Å²) >= 11 is 0.